The van der Waals surface area contributed by atoms with Crippen LogP contribution in [0.1, 0.15) is 57.2 Å². The molecular formula is C24H26FNO3. The summed E-state index contributed by atoms with van der Waals surface area (Å²) in [6.07, 6.45) is 2.24. The van der Waals surface area contributed by atoms with E-state index in [1.54, 1.807) is 0 Å². The molecule has 1 fully saturated rings. The number of hydrogen-bond acceptors (Lipinski definition) is 4. The molecule has 3 rings (SSSR count). The second-order valence-electron chi connectivity index (χ2n) is 8.54. The second-order valence-corrected chi connectivity index (χ2v) is 8.54. The number of aromatic nitrogens is 1. The molecule has 152 valence electrons. The molecule has 1 aromatic carbocycles. The van der Waals surface area contributed by atoms with Gasteiger partial charge in [-0.3, -0.25) is 4.79 Å². The van der Waals surface area contributed by atoms with E-state index >= 15 is 0 Å². The molecule has 0 radical (unpaired) electrons. The molecule has 0 saturated heterocycles. The highest BCUT2D eigenvalue weighted by atomic mass is 19.1. The summed E-state index contributed by atoms with van der Waals surface area (Å²) in [5.74, 6) is 4.52. The second kappa shape index (κ2) is 8.34. The van der Waals surface area contributed by atoms with Gasteiger partial charge in [-0.2, -0.15) is 0 Å². The number of carbonyl (C=O) groups is 1. The summed E-state index contributed by atoms with van der Waals surface area (Å²) in [7, 11) is 0. The Morgan fingerprint density at radius 3 is 2.59 bits per heavy atom. The minimum Gasteiger partial charge on any atom is -0.460 e. The van der Waals surface area contributed by atoms with Crippen LogP contribution in [0.15, 0.2) is 48.7 Å². The number of hydrogen-bond donors (Lipinski definition) is 1. The number of rotatable bonds is 2. The van der Waals surface area contributed by atoms with Crippen LogP contribution in [0.2, 0.25) is 0 Å². The summed E-state index contributed by atoms with van der Waals surface area (Å²) < 4.78 is 18.7. The molecule has 0 spiro atoms. The predicted molar refractivity (Wildman–Crippen MR) is 108 cm³/mol. The van der Waals surface area contributed by atoms with E-state index in [9.17, 15) is 14.3 Å². The normalized spacial score (nSPS) is 24.3. The Balaban J connectivity index is 1.86. The van der Waals surface area contributed by atoms with Crippen molar-refractivity contribution in [1.29, 1.82) is 0 Å². The lowest BCUT2D eigenvalue weighted by atomic mass is 9.69. The fourth-order valence-corrected chi connectivity index (χ4v) is 3.66. The van der Waals surface area contributed by atoms with Gasteiger partial charge in [-0.1, -0.05) is 36.3 Å². The zero-order valence-corrected chi connectivity index (χ0v) is 17.0. The van der Waals surface area contributed by atoms with Gasteiger partial charge in [-0.25, -0.2) is 9.37 Å². The summed E-state index contributed by atoms with van der Waals surface area (Å²) in [5, 5.41) is 11.1. The zero-order chi connectivity index (χ0) is 21.1. The van der Waals surface area contributed by atoms with E-state index in [1.165, 1.54) is 12.1 Å². The molecule has 1 N–H and O–H groups in total. The van der Waals surface area contributed by atoms with Crippen LogP contribution in [-0.4, -0.2) is 27.3 Å². The van der Waals surface area contributed by atoms with E-state index in [1.807, 2.05) is 51.1 Å². The third-order valence-electron chi connectivity index (χ3n) is 5.00. The fourth-order valence-electron chi connectivity index (χ4n) is 3.66. The molecule has 1 unspecified atom stereocenters. The van der Waals surface area contributed by atoms with Crippen molar-refractivity contribution in [2.75, 3.05) is 0 Å². The van der Waals surface area contributed by atoms with Crippen LogP contribution in [-0.2, 0) is 9.53 Å². The van der Waals surface area contributed by atoms with Crippen molar-refractivity contribution in [2.45, 2.75) is 57.2 Å². The van der Waals surface area contributed by atoms with E-state index in [0.29, 0.717) is 25.0 Å². The maximum atomic E-state index is 13.0. The highest BCUT2D eigenvalue weighted by Crippen LogP contribution is 2.43. The minimum absolute atomic E-state index is 0.208. The SMILES string of the molecule is CC(C)(C)OC(=O)[C@@H]1CCC(O)(C#Cc2ccc(F)cn2)C[C@H]1c1ccccc1. The van der Waals surface area contributed by atoms with E-state index in [4.69, 9.17) is 4.74 Å². The molecule has 5 heteroatoms. The average Bonchev–Trinajstić information content (AvgIpc) is 2.67. The van der Waals surface area contributed by atoms with Crippen molar-refractivity contribution in [3.8, 4) is 11.8 Å². The third-order valence-corrected chi connectivity index (χ3v) is 5.00. The molecule has 3 atom stereocenters. The average molecular weight is 395 g/mol. The Kier molecular flexibility index (Phi) is 6.04. The fraction of sp³-hybridized carbons (Fsp3) is 0.417. The van der Waals surface area contributed by atoms with Gasteiger partial charge in [-0.15, -0.1) is 0 Å². The molecule has 2 aromatic rings. The van der Waals surface area contributed by atoms with Crippen molar-refractivity contribution < 1.29 is 19.0 Å². The standard InChI is InChI=1S/C24H26FNO3/c1-23(2,3)29-22(27)20-12-14-24(28,13-11-19-10-9-18(25)16-26-19)15-21(20)17-7-5-4-6-8-17/h4-10,16,20-21,28H,12,14-15H2,1-3H3/t20-,21+,24?/m1/s1. The van der Waals surface area contributed by atoms with Crippen LogP contribution in [0.25, 0.3) is 0 Å². The molecule has 1 heterocycles. The number of aliphatic hydroxyl groups is 1. The molecule has 1 saturated carbocycles. The van der Waals surface area contributed by atoms with Crippen LogP contribution in [0.5, 0.6) is 0 Å². The van der Waals surface area contributed by atoms with E-state index in [-0.39, 0.29) is 17.8 Å². The van der Waals surface area contributed by atoms with Gasteiger partial charge in [0.1, 0.15) is 22.7 Å². The lowest BCUT2D eigenvalue weighted by Crippen LogP contribution is -2.41. The number of ether oxygens (including phenoxy) is 1. The lowest BCUT2D eigenvalue weighted by Gasteiger charge is -2.39. The van der Waals surface area contributed by atoms with Gasteiger partial charge in [0.25, 0.3) is 0 Å². The predicted octanol–water partition coefficient (Wildman–Crippen LogP) is 4.23. The Labute approximate surface area is 171 Å². The quantitative estimate of drug-likeness (QED) is 0.611. The number of pyridine rings is 1. The first kappa shape index (κ1) is 21.0. The monoisotopic (exact) mass is 395 g/mol. The number of esters is 1. The minimum atomic E-state index is -1.25. The largest absolute Gasteiger partial charge is 0.460 e. The highest BCUT2D eigenvalue weighted by molar-refractivity contribution is 5.74. The van der Waals surface area contributed by atoms with Crippen molar-refractivity contribution >= 4 is 5.97 Å². The number of halogens is 1. The van der Waals surface area contributed by atoms with E-state index in [2.05, 4.69) is 16.8 Å². The maximum Gasteiger partial charge on any atom is 0.310 e. The third kappa shape index (κ3) is 5.65. The van der Waals surface area contributed by atoms with E-state index in [0.717, 1.165) is 11.8 Å². The molecular weight excluding hydrogens is 369 g/mol. The summed E-state index contributed by atoms with van der Waals surface area (Å²) in [6.45, 7) is 5.55. The Hall–Kier alpha value is -2.71. The molecule has 29 heavy (non-hydrogen) atoms. The highest BCUT2D eigenvalue weighted by Gasteiger charge is 2.43. The van der Waals surface area contributed by atoms with Crippen molar-refractivity contribution in [2.24, 2.45) is 5.92 Å². The van der Waals surface area contributed by atoms with Gasteiger partial charge in [0.15, 0.2) is 0 Å². The van der Waals surface area contributed by atoms with Crippen LogP contribution in [0, 0.1) is 23.6 Å². The Morgan fingerprint density at radius 1 is 1.24 bits per heavy atom. The molecule has 0 amide bonds. The van der Waals surface area contributed by atoms with Gasteiger partial charge in [0, 0.05) is 5.92 Å². The van der Waals surface area contributed by atoms with E-state index < -0.39 is 17.0 Å². The first-order chi connectivity index (χ1) is 13.7. The summed E-state index contributed by atoms with van der Waals surface area (Å²) in [4.78, 5) is 16.8. The number of benzene rings is 1. The first-order valence-electron chi connectivity index (χ1n) is 9.80. The zero-order valence-electron chi connectivity index (χ0n) is 17.0. The van der Waals surface area contributed by atoms with Gasteiger partial charge in [-0.05, 0) is 63.7 Å². The molecule has 1 aliphatic carbocycles. The smallest absolute Gasteiger partial charge is 0.310 e. The molecule has 1 aliphatic rings. The van der Waals surface area contributed by atoms with Crippen molar-refractivity contribution in [3.05, 3.63) is 65.7 Å². The summed E-state index contributed by atoms with van der Waals surface area (Å²) in [6, 6.07) is 12.4. The van der Waals surface area contributed by atoms with Crippen LogP contribution in [0.3, 0.4) is 0 Å². The number of nitrogens with zero attached hydrogens (tertiary/aromatic N) is 1. The summed E-state index contributed by atoms with van der Waals surface area (Å²) >= 11 is 0. The Bertz CT molecular complexity index is 909. The molecule has 0 aliphatic heterocycles. The maximum absolute atomic E-state index is 13.0. The summed E-state index contributed by atoms with van der Waals surface area (Å²) in [5.41, 5.74) is -0.455. The van der Waals surface area contributed by atoms with Crippen LogP contribution >= 0.6 is 0 Å². The molecule has 1 aromatic heterocycles. The lowest BCUT2D eigenvalue weighted by molar-refractivity contribution is -0.163. The topological polar surface area (TPSA) is 59.4 Å². The Morgan fingerprint density at radius 2 is 1.97 bits per heavy atom. The van der Waals surface area contributed by atoms with Gasteiger partial charge in [0.05, 0.1) is 12.1 Å². The first-order valence-corrected chi connectivity index (χ1v) is 9.80. The van der Waals surface area contributed by atoms with Crippen molar-refractivity contribution in [1.82, 2.24) is 4.98 Å². The van der Waals surface area contributed by atoms with Crippen LogP contribution in [0.4, 0.5) is 4.39 Å². The van der Waals surface area contributed by atoms with Crippen molar-refractivity contribution in [3.63, 3.8) is 0 Å². The van der Waals surface area contributed by atoms with Crippen LogP contribution < -0.4 is 0 Å². The van der Waals surface area contributed by atoms with Gasteiger partial charge in [0.2, 0.25) is 0 Å². The van der Waals surface area contributed by atoms with Gasteiger partial charge < -0.3 is 9.84 Å². The number of carbonyl (C=O) groups excluding carboxylic acids is 1. The molecule has 0 bridgehead atoms. The molecule has 4 nitrogen and oxygen atoms in total. The van der Waals surface area contributed by atoms with Gasteiger partial charge >= 0.3 is 5.97 Å².